The lowest BCUT2D eigenvalue weighted by Crippen LogP contribution is -2.60. The third kappa shape index (κ3) is 29.2. The van der Waals surface area contributed by atoms with Crippen LogP contribution in [0.4, 0.5) is 0 Å². The predicted octanol–water partition coefficient (Wildman–Crippen LogP) is -8.82. The molecule has 1 aromatic carbocycles. The highest BCUT2D eigenvalue weighted by molar-refractivity contribution is 6.00. The summed E-state index contributed by atoms with van der Waals surface area (Å²) in [5.41, 5.74) is 28.9. The van der Waals surface area contributed by atoms with Gasteiger partial charge >= 0.3 is 0 Å². The molecule has 3 heterocycles. The molecule has 17 amide bonds. The smallest absolute Gasteiger partial charge is 0.243 e. The van der Waals surface area contributed by atoms with E-state index in [1.807, 2.05) is 0 Å². The average molecular weight is 1460 g/mol. The van der Waals surface area contributed by atoms with Gasteiger partial charge in [0.05, 0.1) is 25.0 Å². The van der Waals surface area contributed by atoms with Crippen LogP contribution in [0.5, 0.6) is 0 Å². The number of nitrogens with one attached hydrogen (secondary N) is 16. The van der Waals surface area contributed by atoms with E-state index in [-0.39, 0.29) is 51.4 Å². The number of benzene rings is 1. The highest BCUT2D eigenvalue weighted by Gasteiger charge is 2.36. The van der Waals surface area contributed by atoms with Crippen LogP contribution in [-0.4, -0.2) is 215 Å². The molecule has 0 aliphatic rings. The van der Waals surface area contributed by atoms with Crippen molar-refractivity contribution in [3.63, 3.8) is 0 Å². The number of imidazole rings is 3. The standard InChI is InChI=1S/C63H92N24O17/c1-29(64)51(92)81-40(13-16-47(65)88)58(99)78-30(2)52(93)76-34(6)56(97)86-45(21-38-24-70-27-73-38)62(103)82-41(14-17-48(66)89)59(100)79-31(3)53(94)75-33(5)55(96)85-44(20-37-23-69-26-72-37)61(102)80-32(4)54(95)77-35(7)57(98)87-46(22-39-25-71-28-74-39)63(104)83-42(15-18-49(67)90)60(101)84-43(50(68)91)19-36-11-9-8-10-12-36/h8-12,23-35,40-46H,13-22,64H2,1-7H3,(H2,65,88)(H2,66,89)(H2,67,90)(H2,68,91)(H,69,72)(H,70,73)(H,71,74)(H,75,94)(H,76,93)(H,77,95)(H,78,99)(H,79,100)(H,80,102)(H,81,92)(H,82,103)(H,83,104)(H,84,101)(H,85,96)(H,86,97)(H,87,98)/t29-,30-,31-,32-,33-,34-,35-,40-,41-,42-,43-,44-,45-,46-/m0/s1. The first-order chi connectivity index (χ1) is 49.0. The third-order valence-electron chi connectivity index (χ3n) is 15.6. The van der Waals surface area contributed by atoms with Crippen LogP contribution in [0.15, 0.2) is 67.9 Å². The minimum absolute atomic E-state index is 0.0116. The molecule has 0 saturated heterocycles. The number of hydrogen-bond acceptors (Lipinski definition) is 21. The molecule has 14 atom stereocenters. The van der Waals surface area contributed by atoms with E-state index >= 15 is 0 Å². The van der Waals surface area contributed by atoms with E-state index in [0.717, 1.165) is 0 Å². The maximum atomic E-state index is 14.1. The number of aromatic amines is 3. The lowest BCUT2D eigenvalue weighted by atomic mass is 10.0. The van der Waals surface area contributed by atoms with Crippen LogP contribution >= 0.6 is 0 Å². The van der Waals surface area contributed by atoms with Gasteiger partial charge in [0.25, 0.3) is 0 Å². The first kappa shape index (κ1) is 84.2. The lowest BCUT2D eigenvalue weighted by molar-refractivity contribution is -0.136. The fourth-order valence-electron chi connectivity index (χ4n) is 9.58. The summed E-state index contributed by atoms with van der Waals surface area (Å²) in [7, 11) is 0. The monoisotopic (exact) mass is 1460 g/mol. The Morgan fingerprint density at radius 1 is 0.317 bits per heavy atom. The molecule has 0 aliphatic carbocycles. The first-order valence-electron chi connectivity index (χ1n) is 32.8. The summed E-state index contributed by atoms with van der Waals surface area (Å²) in [6, 6.07) is -11.1. The van der Waals surface area contributed by atoms with Crippen molar-refractivity contribution < 1.29 is 81.5 Å². The number of H-pyrrole nitrogens is 3. The van der Waals surface area contributed by atoms with Gasteiger partial charge in [-0.2, -0.15) is 0 Å². The minimum atomic E-state index is -1.62. The van der Waals surface area contributed by atoms with Crippen LogP contribution in [0.1, 0.15) is 110 Å². The maximum Gasteiger partial charge on any atom is 0.243 e. The Morgan fingerprint density at radius 2 is 0.558 bits per heavy atom. The van der Waals surface area contributed by atoms with E-state index in [4.69, 9.17) is 28.7 Å². The van der Waals surface area contributed by atoms with Crippen molar-refractivity contribution in [1.29, 1.82) is 0 Å². The number of carbonyl (C=O) groups is 17. The van der Waals surface area contributed by atoms with Crippen LogP contribution in [0.2, 0.25) is 0 Å². The van der Waals surface area contributed by atoms with Gasteiger partial charge in [0.2, 0.25) is 100 Å². The van der Waals surface area contributed by atoms with Crippen molar-refractivity contribution in [2.45, 2.75) is 197 Å². The molecule has 3 aromatic heterocycles. The maximum absolute atomic E-state index is 14.1. The molecule has 0 radical (unpaired) electrons. The number of hydrogen-bond donors (Lipinski definition) is 21. The zero-order valence-corrected chi connectivity index (χ0v) is 58.2. The molecule has 566 valence electrons. The Labute approximate surface area is 595 Å². The summed E-state index contributed by atoms with van der Waals surface area (Å²) in [6.07, 6.45) is 4.93. The van der Waals surface area contributed by atoms with Gasteiger partial charge in [-0.05, 0) is 73.3 Å². The van der Waals surface area contributed by atoms with Crippen molar-refractivity contribution >= 4 is 100 Å². The van der Waals surface area contributed by atoms with Crippen molar-refractivity contribution in [2.24, 2.45) is 28.7 Å². The molecule has 41 heteroatoms. The van der Waals surface area contributed by atoms with E-state index in [2.05, 4.69) is 99.0 Å². The van der Waals surface area contributed by atoms with Gasteiger partial charge < -0.3 is 113 Å². The predicted molar refractivity (Wildman–Crippen MR) is 364 cm³/mol. The molecular weight excluding hydrogens is 1360 g/mol. The average Bonchev–Trinajstić information content (AvgIpc) is 1.07. The minimum Gasteiger partial charge on any atom is -0.370 e. The summed E-state index contributed by atoms with van der Waals surface area (Å²) in [5.74, 6) is -15.5. The number of primary amides is 4. The van der Waals surface area contributed by atoms with E-state index in [1.54, 1.807) is 30.3 Å². The van der Waals surface area contributed by atoms with E-state index < -0.39 is 198 Å². The SMILES string of the molecule is C[C@H](N)C(=O)N[C@@H](CCC(N)=O)C(=O)N[C@@H](C)C(=O)N[C@@H](C)C(=O)N[C@@H](Cc1cnc[nH]1)C(=O)N[C@@H](CCC(N)=O)C(=O)N[C@@H](C)C(=O)N[C@@H](C)C(=O)N[C@@H](Cc1cnc[nH]1)C(=O)N[C@@H](C)C(=O)N[C@@H](C)C(=O)N[C@@H](Cc1cnc[nH]1)C(=O)N[C@@H](CCC(N)=O)C(=O)N[C@@H](Cc1ccccc1)C(N)=O. The molecule has 0 aliphatic heterocycles. The summed E-state index contributed by atoms with van der Waals surface area (Å²) < 4.78 is 0. The molecule has 0 fully saturated rings. The fourth-order valence-corrected chi connectivity index (χ4v) is 9.58. The number of carbonyl (C=O) groups excluding carboxylic acids is 17. The van der Waals surface area contributed by atoms with Crippen molar-refractivity contribution in [1.82, 2.24) is 99.0 Å². The normalized spacial score (nSPS) is 15.0. The second-order valence-corrected chi connectivity index (χ2v) is 24.5. The molecule has 4 aromatic rings. The van der Waals surface area contributed by atoms with Crippen LogP contribution < -0.4 is 97.8 Å². The number of amides is 17. The summed E-state index contributed by atoms with van der Waals surface area (Å²) in [6.45, 7) is 8.83. The Balaban J connectivity index is 1.40. The quantitative estimate of drug-likeness (QED) is 0.0196. The molecule has 0 unspecified atom stereocenters. The molecule has 0 saturated carbocycles. The zero-order valence-electron chi connectivity index (χ0n) is 58.2. The number of nitrogens with zero attached hydrogens (tertiary/aromatic N) is 3. The van der Waals surface area contributed by atoms with E-state index in [9.17, 15) is 81.5 Å². The second-order valence-electron chi connectivity index (χ2n) is 24.5. The Kier molecular flexibility index (Phi) is 33.6. The van der Waals surface area contributed by atoms with Crippen molar-refractivity contribution in [3.8, 4) is 0 Å². The van der Waals surface area contributed by atoms with E-state index in [1.165, 1.54) is 86.0 Å². The third-order valence-corrected chi connectivity index (χ3v) is 15.6. The number of rotatable bonds is 44. The highest BCUT2D eigenvalue weighted by atomic mass is 16.2. The zero-order chi connectivity index (χ0) is 77.5. The number of nitrogens with two attached hydrogens (primary N) is 5. The summed E-state index contributed by atoms with van der Waals surface area (Å²) in [4.78, 5) is 245. The van der Waals surface area contributed by atoms with Crippen LogP contribution in [0, 0.1) is 0 Å². The van der Waals surface area contributed by atoms with Crippen LogP contribution in [-0.2, 0) is 107 Å². The Hall–Kier alpha value is -12.2. The van der Waals surface area contributed by atoms with Gasteiger partial charge in [0.1, 0.15) is 78.5 Å². The van der Waals surface area contributed by atoms with Gasteiger partial charge in [-0.25, -0.2) is 15.0 Å². The fraction of sp³-hybridized carbons (Fsp3) is 0.492. The van der Waals surface area contributed by atoms with Crippen molar-refractivity contribution in [2.75, 3.05) is 0 Å². The summed E-state index contributed by atoms with van der Waals surface area (Å²) in [5, 5.41) is 31.8. The van der Waals surface area contributed by atoms with Gasteiger partial charge in [-0.3, -0.25) is 81.5 Å². The molecule has 26 N–H and O–H groups in total. The molecule has 41 nitrogen and oxygen atoms in total. The first-order valence-corrected chi connectivity index (χ1v) is 32.8. The highest BCUT2D eigenvalue weighted by Crippen LogP contribution is 2.10. The lowest BCUT2D eigenvalue weighted by Gasteiger charge is -2.26. The van der Waals surface area contributed by atoms with Crippen LogP contribution in [0.25, 0.3) is 0 Å². The Bertz CT molecular complexity index is 3650. The number of aromatic nitrogens is 6. The molecule has 4 rings (SSSR count). The summed E-state index contributed by atoms with van der Waals surface area (Å²) >= 11 is 0. The molecular formula is C63H92N24O17. The molecule has 0 bridgehead atoms. The van der Waals surface area contributed by atoms with Gasteiger partial charge in [-0.1, -0.05) is 30.3 Å². The van der Waals surface area contributed by atoms with E-state index in [0.29, 0.717) is 22.6 Å². The largest absolute Gasteiger partial charge is 0.370 e. The van der Waals surface area contributed by atoms with Crippen molar-refractivity contribution in [3.05, 3.63) is 90.5 Å². The molecule has 0 spiro atoms. The Morgan fingerprint density at radius 3 is 0.827 bits per heavy atom. The van der Waals surface area contributed by atoms with Gasteiger partial charge in [-0.15, -0.1) is 0 Å². The molecule has 104 heavy (non-hydrogen) atoms. The van der Waals surface area contributed by atoms with Gasteiger partial charge in [0, 0.05) is 80.6 Å². The topological polar surface area (TPSA) is 663 Å². The second kappa shape index (κ2) is 41.5. The van der Waals surface area contributed by atoms with Gasteiger partial charge in [0.15, 0.2) is 0 Å². The van der Waals surface area contributed by atoms with Crippen LogP contribution in [0.3, 0.4) is 0 Å².